The summed E-state index contributed by atoms with van der Waals surface area (Å²) in [7, 11) is 0. The van der Waals surface area contributed by atoms with Crippen molar-refractivity contribution in [2.24, 2.45) is 5.92 Å². The van der Waals surface area contributed by atoms with Gasteiger partial charge in [-0.3, -0.25) is 0 Å². The summed E-state index contributed by atoms with van der Waals surface area (Å²) in [6, 6.07) is 0. The third-order valence-corrected chi connectivity index (χ3v) is 3.52. The third-order valence-electron chi connectivity index (χ3n) is 3.52. The zero-order valence-corrected chi connectivity index (χ0v) is 10.3. The largest absolute Gasteiger partial charge is 0.389 e. The van der Waals surface area contributed by atoms with E-state index in [4.69, 9.17) is 0 Å². The van der Waals surface area contributed by atoms with Crippen LogP contribution >= 0.6 is 0 Å². The van der Waals surface area contributed by atoms with Crippen LogP contribution in [0.1, 0.15) is 65.2 Å². The molecule has 0 aliphatic heterocycles. The molecule has 0 aromatic rings. The van der Waals surface area contributed by atoms with Crippen LogP contribution in [0.4, 0.5) is 0 Å². The minimum Gasteiger partial charge on any atom is -0.389 e. The molecular formula is C14H26O. The van der Waals surface area contributed by atoms with Gasteiger partial charge in [0.05, 0.1) is 6.10 Å². The highest BCUT2D eigenvalue weighted by molar-refractivity contribution is 5.09. The van der Waals surface area contributed by atoms with Gasteiger partial charge in [0.15, 0.2) is 0 Å². The summed E-state index contributed by atoms with van der Waals surface area (Å²) in [4.78, 5) is 0. The van der Waals surface area contributed by atoms with Crippen LogP contribution in [0.3, 0.4) is 0 Å². The lowest BCUT2D eigenvalue weighted by molar-refractivity contribution is 0.200. The number of unbranched alkanes of at least 4 members (excludes halogenated alkanes) is 1. The van der Waals surface area contributed by atoms with Gasteiger partial charge in [0, 0.05) is 0 Å². The van der Waals surface area contributed by atoms with E-state index < -0.39 is 0 Å². The molecule has 0 radical (unpaired) electrons. The SMILES string of the molecule is CCCCC(CC)CC1=CC(O)CCC1. The van der Waals surface area contributed by atoms with Crippen molar-refractivity contribution in [3.8, 4) is 0 Å². The molecule has 0 saturated carbocycles. The summed E-state index contributed by atoms with van der Waals surface area (Å²) in [6.07, 6.45) is 11.9. The minimum absolute atomic E-state index is 0.155. The van der Waals surface area contributed by atoms with Crippen molar-refractivity contribution < 1.29 is 5.11 Å². The van der Waals surface area contributed by atoms with Gasteiger partial charge in [-0.25, -0.2) is 0 Å². The Morgan fingerprint density at radius 3 is 2.87 bits per heavy atom. The maximum atomic E-state index is 9.56. The Balaban J connectivity index is 2.36. The Bertz CT molecular complexity index is 196. The zero-order valence-electron chi connectivity index (χ0n) is 10.3. The lowest BCUT2D eigenvalue weighted by Gasteiger charge is -2.21. The second-order valence-electron chi connectivity index (χ2n) is 4.91. The van der Waals surface area contributed by atoms with E-state index in [-0.39, 0.29) is 6.10 Å². The maximum Gasteiger partial charge on any atom is 0.0723 e. The topological polar surface area (TPSA) is 20.2 Å². The van der Waals surface area contributed by atoms with Crippen LogP contribution in [-0.2, 0) is 0 Å². The van der Waals surface area contributed by atoms with Crippen LogP contribution < -0.4 is 0 Å². The van der Waals surface area contributed by atoms with Gasteiger partial charge in [-0.15, -0.1) is 0 Å². The van der Waals surface area contributed by atoms with E-state index in [9.17, 15) is 5.11 Å². The molecule has 2 unspecified atom stereocenters. The molecule has 0 bridgehead atoms. The first-order valence-corrected chi connectivity index (χ1v) is 6.63. The van der Waals surface area contributed by atoms with Crippen molar-refractivity contribution in [2.45, 2.75) is 71.3 Å². The molecule has 0 amide bonds. The second kappa shape index (κ2) is 7.05. The molecule has 15 heavy (non-hydrogen) atoms. The van der Waals surface area contributed by atoms with Gasteiger partial charge in [0.2, 0.25) is 0 Å². The van der Waals surface area contributed by atoms with Gasteiger partial charge in [-0.2, -0.15) is 0 Å². The van der Waals surface area contributed by atoms with Gasteiger partial charge in [0.25, 0.3) is 0 Å². The van der Waals surface area contributed by atoms with Crippen LogP contribution in [0.5, 0.6) is 0 Å². The fourth-order valence-corrected chi connectivity index (χ4v) is 2.46. The molecule has 0 aromatic heterocycles. The average molecular weight is 210 g/mol. The minimum atomic E-state index is -0.155. The number of rotatable bonds is 6. The first-order valence-electron chi connectivity index (χ1n) is 6.63. The molecule has 1 heteroatoms. The lowest BCUT2D eigenvalue weighted by Crippen LogP contribution is -2.11. The van der Waals surface area contributed by atoms with Crippen LogP contribution in [0.2, 0.25) is 0 Å². The van der Waals surface area contributed by atoms with Crippen LogP contribution in [0, 0.1) is 5.92 Å². The molecule has 1 nitrogen and oxygen atoms in total. The highest BCUT2D eigenvalue weighted by atomic mass is 16.3. The maximum absolute atomic E-state index is 9.56. The highest BCUT2D eigenvalue weighted by Gasteiger charge is 2.14. The Morgan fingerprint density at radius 1 is 1.47 bits per heavy atom. The zero-order chi connectivity index (χ0) is 11.1. The van der Waals surface area contributed by atoms with E-state index in [1.54, 1.807) is 0 Å². The predicted octanol–water partition coefficient (Wildman–Crippen LogP) is 4.06. The summed E-state index contributed by atoms with van der Waals surface area (Å²) < 4.78 is 0. The smallest absolute Gasteiger partial charge is 0.0723 e. The Labute approximate surface area is 94.6 Å². The third kappa shape index (κ3) is 4.83. The van der Waals surface area contributed by atoms with Crippen molar-refractivity contribution in [1.82, 2.24) is 0 Å². The predicted molar refractivity (Wildman–Crippen MR) is 65.9 cm³/mol. The van der Waals surface area contributed by atoms with Gasteiger partial charge >= 0.3 is 0 Å². The van der Waals surface area contributed by atoms with Gasteiger partial charge in [0.1, 0.15) is 0 Å². The first-order chi connectivity index (χ1) is 7.26. The molecule has 0 heterocycles. The lowest BCUT2D eigenvalue weighted by atomic mass is 9.86. The van der Waals surface area contributed by atoms with Crippen LogP contribution in [-0.4, -0.2) is 11.2 Å². The van der Waals surface area contributed by atoms with Gasteiger partial charge in [-0.05, 0) is 31.6 Å². The van der Waals surface area contributed by atoms with Gasteiger partial charge < -0.3 is 5.11 Å². The number of aliphatic hydroxyl groups excluding tert-OH is 1. The first kappa shape index (κ1) is 12.8. The number of allylic oxidation sites excluding steroid dienone is 1. The molecular weight excluding hydrogens is 184 g/mol. The summed E-state index contributed by atoms with van der Waals surface area (Å²) in [5, 5.41) is 9.56. The molecule has 1 aliphatic carbocycles. The van der Waals surface area contributed by atoms with E-state index in [1.807, 2.05) is 0 Å². The fourth-order valence-electron chi connectivity index (χ4n) is 2.46. The molecule has 88 valence electrons. The fraction of sp³-hybridized carbons (Fsp3) is 0.857. The molecule has 0 fully saturated rings. The summed E-state index contributed by atoms with van der Waals surface area (Å²) in [5.41, 5.74) is 1.51. The van der Waals surface area contributed by atoms with E-state index in [0.717, 1.165) is 12.3 Å². The standard InChI is InChI=1S/C14H26O/c1-3-5-7-12(4-2)10-13-8-6-9-14(15)11-13/h11-12,14-15H,3-10H2,1-2H3. The average Bonchev–Trinajstić information content (AvgIpc) is 2.24. The second-order valence-corrected chi connectivity index (χ2v) is 4.91. The normalized spacial score (nSPS) is 23.7. The number of aliphatic hydroxyl groups is 1. The van der Waals surface area contributed by atoms with Crippen molar-refractivity contribution in [3.05, 3.63) is 11.6 Å². The molecule has 1 N–H and O–H groups in total. The highest BCUT2D eigenvalue weighted by Crippen LogP contribution is 2.27. The monoisotopic (exact) mass is 210 g/mol. The summed E-state index contributed by atoms with van der Waals surface area (Å²) >= 11 is 0. The van der Waals surface area contributed by atoms with Crippen molar-refractivity contribution >= 4 is 0 Å². The molecule has 0 saturated heterocycles. The summed E-state index contributed by atoms with van der Waals surface area (Å²) in [6.45, 7) is 4.55. The van der Waals surface area contributed by atoms with Crippen LogP contribution in [0.15, 0.2) is 11.6 Å². The number of hydrogen-bond acceptors (Lipinski definition) is 1. The van der Waals surface area contributed by atoms with E-state index in [1.165, 1.54) is 50.5 Å². The molecule has 0 spiro atoms. The van der Waals surface area contributed by atoms with Crippen LogP contribution in [0.25, 0.3) is 0 Å². The van der Waals surface area contributed by atoms with Gasteiger partial charge in [-0.1, -0.05) is 51.2 Å². The van der Waals surface area contributed by atoms with Crippen molar-refractivity contribution in [1.29, 1.82) is 0 Å². The van der Waals surface area contributed by atoms with E-state index in [2.05, 4.69) is 19.9 Å². The number of hydrogen-bond donors (Lipinski definition) is 1. The van der Waals surface area contributed by atoms with E-state index in [0.29, 0.717) is 0 Å². The molecule has 1 aliphatic rings. The Hall–Kier alpha value is -0.300. The Morgan fingerprint density at radius 2 is 2.27 bits per heavy atom. The Kier molecular flexibility index (Phi) is 6.00. The van der Waals surface area contributed by atoms with E-state index >= 15 is 0 Å². The van der Waals surface area contributed by atoms with Crippen molar-refractivity contribution in [2.75, 3.05) is 0 Å². The van der Waals surface area contributed by atoms with Crippen molar-refractivity contribution in [3.63, 3.8) is 0 Å². The summed E-state index contributed by atoms with van der Waals surface area (Å²) in [5.74, 6) is 0.849. The molecule has 1 rings (SSSR count). The molecule has 2 atom stereocenters. The quantitative estimate of drug-likeness (QED) is 0.655. The molecule has 0 aromatic carbocycles.